The average molecular weight is 859 g/mol. The number of aryl methyl sites for hydroxylation is 1. The smallest absolute Gasteiger partial charge is 0.198 e. The van der Waals surface area contributed by atoms with Crippen molar-refractivity contribution in [2.24, 2.45) is 0 Å². The number of fused-ring (bicyclic) bond motifs is 7. The molecule has 6 heteroatoms. The highest BCUT2D eigenvalue weighted by atomic mass is 16.6. The van der Waals surface area contributed by atoms with E-state index < -0.39 is 0 Å². The van der Waals surface area contributed by atoms with E-state index in [1.54, 1.807) is 0 Å². The van der Waals surface area contributed by atoms with Crippen molar-refractivity contribution in [1.29, 1.82) is 0 Å². The largest absolute Gasteiger partial charge is 0.450 e. The molecule has 0 unspecified atom stereocenters. The summed E-state index contributed by atoms with van der Waals surface area (Å²) in [6.07, 6.45) is 2.27. The molecule has 323 valence electrons. The number of para-hydroxylation sites is 6. The van der Waals surface area contributed by atoms with Gasteiger partial charge in [-0.2, -0.15) is 0 Å². The predicted octanol–water partition coefficient (Wildman–Crippen LogP) is 15.2. The highest BCUT2D eigenvalue weighted by Crippen LogP contribution is 2.54. The average Bonchev–Trinajstić information content (AvgIpc) is 3.32. The summed E-state index contributed by atoms with van der Waals surface area (Å²) < 4.78 is 13.3. The molecule has 0 bridgehead atoms. The predicted molar refractivity (Wildman–Crippen MR) is 275 cm³/mol. The standard InChI is InChI=1S/C60H53BN3O2/c1-37-31-45-46(59(4,5)30-29-58(45,2)3)34-49(37)64-50-36-55-54(65-52-27-16-17-28-53(52)66-55)35-47(50)61-56-42(41-23-18-25-44-57(41)62-48-26-15-14-24-43(48)60(44,6)7)32-40(33-51(56)64)63(38-19-10-8-11-20-38)39-21-12-9-13-22-39/h8-28,31-36,62H,29-30H2,1-7H3. The van der Waals surface area contributed by atoms with Crippen LogP contribution in [-0.4, -0.2) is 7.28 Å². The first-order valence-electron chi connectivity index (χ1n) is 23.4. The van der Waals surface area contributed by atoms with E-state index in [-0.39, 0.29) is 16.2 Å². The number of ether oxygens (including phenoxy) is 2. The molecule has 3 heterocycles. The van der Waals surface area contributed by atoms with E-state index in [0.717, 1.165) is 80.4 Å². The highest BCUT2D eigenvalue weighted by Gasteiger charge is 2.40. The van der Waals surface area contributed by atoms with Gasteiger partial charge in [-0.25, -0.2) is 0 Å². The molecule has 4 aliphatic rings. The SMILES string of the molecule is Cc1cc2c(cc1N1c3cc4c(cc3[B]c3c(-c5cccc6c5Nc5ccccc5C6(C)C)cc(N(c5ccccc5)c5ccccc5)cc31)Oc1ccccc1O4)C(C)(C)CCC2(C)C. The third-order valence-corrected chi connectivity index (χ3v) is 14.9. The molecule has 3 aliphatic heterocycles. The second kappa shape index (κ2) is 14.7. The third kappa shape index (κ3) is 6.29. The van der Waals surface area contributed by atoms with Gasteiger partial charge in [0.15, 0.2) is 30.3 Å². The minimum absolute atomic E-state index is 0.000316. The zero-order valence-electron chi connectivity index (χ0n) is 38.8. The lowest BCUT2D eigenvalue weighted by molar-refractivity contribution is 0.332. The van der Waals surface area contributed by atoms with Gasteiger partial charge in [0.25, 0.3) is 0 Å². The van der Waals surface area contributed by atoms with Crippen molar-refractivity contribution in [3.63, 3.8) is 0 Å². The summed E-state index contributed by atoms with van der Waals surface area (Å²) in [5.74, 6) is 2.82. The summed E-state index contributed by atoms with van der Waals surface area (Å²) in [6, 6.07) is 59.2. The van der Waals surface area contributed by atoms with Crippen LogP contribution in [0.1, 0.15) is 82.2 Å². The van der Waals surface area contributed by atoms with Crippen LogP contribution in [0.25, 0.3) is 11.1 Å². The Morgan fingerprint density at radius 3 is 1.77 bits per heavy atom. The fourth-order valence-electron chi connectivity index (χ4n) is 11.1. The molecular formula is C60H53BN3O2. The second-order valence-electron chi connectivity index (χ2n) is 20.4. The summed E-state index contributed by atoms with van der Waals surface area (Å²) in [5.41, 5.74) is 19.7. The fourth-order valence-corrected chi connectivity index (χ4v) is 11.1. The summed E-state index contributed by atoms with van der Waals surface area (Å²) >= 11 is 0. The van der Waals surface area contributed by atoms with Crippen molar-refractivity contribution in [3.05, 3.63) is 192 Å². The zero-order valence-corrected chi connectivity index (χ0v) is 38.8. The van der Waals surface area contributed by atoms with E-state index >= 15 is 0 Å². The molecule has 0 spiro atoms. The number of hydrogen-bond acceptors (Lipinski definition) is 5. The highest BCUT2D eigenvalue weighted by molar-refractivity contribution is 6.73. The first-order chi connectivity index (χ1) is 31.9. The molecule has 1 N–H and O–H groups in total. The van der Waals surface area contributed by atoms with Crippen LogP contribution in [0.2, 0.25) is 0 Å². The van der Waals surface area contributed by atoms with Crippen LogP contribution in [0.3, 0.4) is 0 Å². The van der Waals surface area contributed by atoms with E-state index in [0.29, 0.717) is 23.0 Å². The molecule has 0 saturated heterocycles. The number of hydrogen-bond donors (Lipinski definition) is 1. The van der Waals surface area contributed by atoms with Gasteiger partial charge in [-0.15, -0.1) is 0 Å². The Morgan fingerprint density at radius 1 is 0.500 bits per heavy atom. The van der Waals surface area contributed by atoms with Crippen LogP contribution in [0, 0.1) is 6.92 Å². The van der Waals surface area contributed by atoms with E-state index in [1.807, 2.05) is 24.3 Å². The van der Waals surface area contributed by atoms with Gasteiger partial charge in [0.2, 0.25) is 0 Å². The van der Waals surface area contributed by atoms with Gasteiger partial charge in [0.05, 0.1) is 5.69 Å². The van der Waals surface area contributed by atoms with Crippen LogP contribution in [-0.2, 0) is 16.2 Å². The number of anilines is 8. The minimum atomic E-state index is -0.235. The molecule has 8 aromatic carbocycles. The second-order valence-corrected chi connectivity index (χ2v) is 20.4. The van der Waals surface area contributed by atoms with Crippen molar-refractivity contribution in [3.8, 4) is 34.1 Å². The maximum atomic E-state index is 6.70. The van der Waals surface area contributed by atoms with E-state index in [9.17, 15) is 0 Å². The van der Waals surface area contributed by atoms with E-state index in [4.69, 9.17) is 9.47 Å². The Kier molecular flexibility index (Phi) is 8.97. The molecule has 0 saturated carbocycles. The Hall–Kier alpha value is -7.18. The summed E-state index contributed by atoms with van der Waals surface area (Å²) in [4.78, 5) is 4.91. The van der Waals surface area contributed by atoms with Crippen molar-refractivity contribution >= 4 is 63.7 Å². The molecule has 12 rings (SSSR count). The Balaban J connectivity index is 1.17. The van der Waals surface area contributed by atoms with Crippen LogP contribution in [0.5, 0.6) is 23.0 Å². The number of nitrogens with zero attached hydrogens (tertiary/aromatic N) is 2. The lowest BCUT2D eigenvalue weighted by Gasteiger charge is -2.44. The molecular weight excluding hydrogens is 805 g/mol. The first-order valence-corrected chi connectivity index (χ1v) is 23.4. The van der Waals surface area contributed by atoms with Crippen LogP contribution >= 0.6 is 0 Å². The maximum absolute atomic E-state index is 6.70. The summed E-state index contributed by atoms with van der Waals surface area (Å²) in [6.45, 7) is 16.7. The molecule has 1 aliphatic carbocycles. The number of rotatable bonds is 5. The van der Waals surface area contributed by atoms with Gasteiger partial charge in [0.1, 0.15) is 0 Å². The van der Waals surface area contributed by atoms with E-state index in [2.05, 4.69) is 210 Å². The fraction of sp³-hybridized carbons (Fsp3) is 0.200. The number of nitrogens with one attached hydrogen (secondary N) is 1. The lowest BCUT2D eigenvalue weighted by Crippen LogP contribution is -2.42. The topological polar surface area (TPSA) is 37.0 Å². The van der Waals surface area contributed by atoms with Gasteiger partial charge >= 0.3 is 0 Å². The zero-order chi connectivity index (χ0) is 45.1. The molecule has 8 aromatic rings. The van der Waals surface area contributed by atoms with Gasteiger partial charge < -0.3 is 24.6 Å². The van der Waals surface area contributed by atoms with Crippen LogP contribution < -0.4 is 35.5 Å². The summed E-state index contributed by atoms with van der Waals surface area (Å²) in [7, 11) is 2.38. The normalized spacial score (nSPS) is 16.2. The van der Waals surface area contributed by atoms with Crippen molar-refractivity contribution in [2.75, 3.05) is 15.1 Å². The maximum Gasteiger partial charge on any atom is 0.198 e. The molecule has 0 amide bonds. The quantitative estimate of drug-likeness (QED) is 0.175. The van der Waals surface area contributed by atoms with Gasteiger partial charge in [-0.3, -0.25) is 0 Å². The minimum Gasteiger partial charge on any atom is -0.450 e. The lowest BCUT2D eigenvalue weighted by atomic mass is 9.57. The third-order valence-electron chi connectivity index (χ3n) is 14.9. The van der Waals surface area contributed by atoms with Crippen molar-refractivity contribution < 1.29 is 9.47 Å². The molecule has 0 fully saturated rings. The van der Waals surface area contributed by atoms with Crippen molar-refractivity contribution in [2.45, 2.75) is 77.6 Å². The summed E-state index contributed by atoms with van der Waals surface area (Å²) in [5, 5.41) is 3.98. The Morgan fingerprint density at radius 2 is 1.09 bits per heavy atom. The van der Waals surface area contributed by atoms with Gasteiger partial charge in [-0.05, 0) is 136 Å². The molecule has 5 nitrogen and oxygen atoms in total. The van der Waals surface area contributed by atoms with Crippen LogP contribution in [0.4, 0.5) is 45.5 Å². The Bertz CT molecular complexity index is 3230. The van der Waals surface area contributed by atoms with Crippen molar-refractivity contribution in [1.82, 2.24) is 0 Å². The van der Waals surface area contributed by atoms with Gasteiger partial charge in [-0.1, -0.05) is 138 Å². The number of benzene rings is 8. The molecule has 1 radical (unpaired) electrons. The monoisotopic (exact) mass is 858 g/mol. The van der Waals surface area contributed by atoms with E-state index in [1.165, 1.54) is 27.8 Å². The molecule has 66 heavy (non-hydrogen) atoms. The Labute approximate surface area is 389 Å². The molecule has 0 atom stereocenters. The van der Waals surface area contributed by atoms with Crippen LogP contribution in [0.15, 0.2) is 164 Å². The van der Waals surface area contributed by atoms with Gasteiger partial charge in [0, 0.05) is 56.9 Å². The molecule has 0 aromatic heterocycles. The first kappa shape index (κ1) is 40.3.